The predicted molar refractivity (Wildman–Crippen MR) is 53.2 cm³/mol. The van der Waals surface area contributed by atoms with E-state index >= 15 is 0 Å². The molecular weight excluding hydrogens is 205 g/mol. The van der Waals surface area contributed by atoms with Crippen LogP contribution in [0.15, 0.2) is 12.4 Å². The monoisotopic (exact) mass is 215 g/mol. The average Bonchev–Trinajstić information content (AvgIpc) is 2.14. The van der Waals surface area contributed by atoms with Gasteiger partial charge in [0.15, 0.2) is 0 Å². The van der Waals surface area contributed by atoms with Gasteiger partial charge in [-0.3, -0.25) is 0 Å². The fourth-order valence-corrected chi connectivity index (χ4v) is 1.48. The van der Waals surface area contributed by atoms with Crippen molar-refractivity contribution in [2.24, 2.45) is 0 Å². The number of rotatable bonds is 3. The van der Waals surface area contributed by atoms with Crippen LogP contribution in [0.1, 0.15) is 19.3 Å². The lowest BCUT2D eigenvalue weighted by Crippen LogP contribution is -2.39. The second-order valence-corrected chi connectivity index (χ2v) is 4.02. The molecule has 1 aromatic heterocycles. The van der Waals surface area contributed by atoms with E-state index in [1.807, 2.05) is 0 Å². The van der Waals surface area contributed by atoms with E-state index in [0.29, 0.717) is 23.8 Å². The van der Waals surface area contributed by atoms with Crippen LogP contribution in [0.2, 0.25) is 5.02 Å². The van der Waals surface area contributed by atoms with Crippen molar-refractivity contribution in [1.29, 1.82) is 0 Å². The van der Waals surface area contributed by atoms with Gasteiger partial charge in [0.2, 0.25) is 5.95 Å². The van der Waals surface area contributed by atoms with Gasteiger partial charge in [-0.2, -0.15) is 0 Å². The Kier molecular flexibility index (Phi) is 2.54. The van der Waals surface area contributed by atoms with E-state index in [0.717, 1.165) is 6.42 Å². The molecule has 0 saturated heterocycles. The van der Waals surface area contributed by atoms with Crippen molar-refractivity contribution in [2.45, 2.75) is 24.9 Å². The summed E-state index contributed by atoms with van der Waals surface area (Å²) in [5.41, 5.74) is -1.05. The summed E-state index contributed by atoms with van der Waals surface area (Å²) in [7, 11) is 0. The molecule has 1 aromatic rings. The van der Waals surface area contributed by atoms with Crippen LogP contribution < -0.4 is 5.32 Å². The molecule has 0 radical (unpaired) electrons. The Balaban J connectivity index is 1.88. The summed E-state index contributed by atoms with van der Waals surface area (Å²) in [6.07, 6.45) is 5.21. The van der Waals surface area contributed by atoms with Crippen LogP contribution >= 0.6 is 11.6 Å². The van der Waals surface area contributed by atoms with Crippen molar-refractivity contribution in [1.82, 2.24) is 9.97 Å². The van der Waals surface area contributed by atoms with Crippen molar-refractivity contribution in [3.8, 4) is 0 Å². The molecule has 0 amide bonds. The topological polar surface area (TPSA) is 37.8 Å². The van der Waals surface area contributed by atoms with E-state index in [1.54, 1.807) is 0 Å². The van der Waals surface area contributed by atoms with E-state index in [9.17, 15) is 4.39 Å². The van der Waals surface area contributed by atoms with Crippen LogP contribution in [-0.4, -0.2) is 22.2 Å². The SMILES string of the molecule is FC1(CNc2ncc(Cl)cn2)CCC1. The van der Waals surface area contributed by atoms with Crippen LogP contribution in [0, 0.1) is 0 Å². The van der Waals surface area contributed by atoms with E-state index in [4.69, 9.17) is 11.6 Å². The maximum absolute atomic E-state index is 13.5. The summed E-state index contributed by atoms with van der Waals surface area (Å²) in [6.45, 7) is 0.286. The third-order valence-electron chi connectivity index (χ3n) is 2.43. The zero-order valence-corrected chi connectivity index (χ0v) is 8.39. The number of nitrogens with one attached hydrogen (secondary N) is 1. The zero-order valence-electron chi connectivity index (χ0n) is 7.63. The fourth-order valence-electron chi connectivity index (χ4n) is 1.38. The predicted octanol–water partition coefficient (Wildman–Crippen LogP) is 2.43. The van der Waals surface area contributed by atoms with Gasteiger partial charge in [-0.15, -0.1) is 0 Å². The lowest BCUT2D eigenvalue weighted by molar-refractivity contribution is 0.0782. The number of nitrogens with zero attached hydrogens (tertiary/aromatic N) is 2. The van der Waals surface area contributed by atoms with Gasteiger partial charge in [-0.1, -0.05) is 11.6 Å². The minimum Gasteiger partial charge on any atom is -0.351 e. The van der Waals surface area contributed by atoms with Gasteiger partial charge in [-0.05, 0) is 19.3 Å². The van der Waals surface area contributed by atoms with Gasteiger partial charge in [0.25, 0.3) is 0 Å². The highest BCUT2D eigenvalue weighted by Crippen LogP contribution is 2.35. The molecule has 0 spiro atoms. The first kappa shape index (κ1) is 9.65. The standard InChI is InChI=1S/C9H11ClFN3/c10-7-4-12-8(13-5-7)14-6-9(11)2-1-3-9/h4-5H,1-3,6H2,(H,12,13,14). The van der Waals surface area contributed by atoms with E-state index in [2.05, 4.69) is 15.3 Å². The second-order valence-electron chi connectivity index (χ2n) is 3.58. The molecular formula is C9H11ClFN3. The van der Waals surface area contributed by atoms with E-state index < -0.39 is 5.67 Å². The van der Waals surface area contributed by atoms with Crippen LogP contribution in [0.3, 0.4) is 0 Å². The molecule has 14 heavy (non-hydrogen) atoms. The maximum atomic E-state index is 13.5. The highest BCUT2D eigenvalue weighted by molar-refractivity contribution is 6.30. The Morgan fingerprint density at radius 3 is 2.57 bits per heavy atom. The van der Waals surface area contributed by atoms with Gasteiger partial charge in [0.1, 0.15) is 5.67 Å². The highest BCUT2D eigenvalue weighted by atomic mass is 35.5. The van der Waals surface area contributed by atoms with E-state index in [-0.39, 0.29) is 6.54 Å². The highest BCUT2D eigenvalue weighted by Gasteiger charge is 2.36. The number of aromatic nitrogens is 2. The molecule has 2 rings (SSSR count). The Morgan fingerprint density at radius 1 is 1.43 bits per heavy atom. The summed E-state index contributed by atoms with van der Waals surface area (Å²) < 4.78 is 13.5. The molecule has 0 aliphatic heterocycles. The Bertz CT molecular complexity index is 310. The van der Waals surface area contributed by atoms with Gasteiger partial charge < -0.3 is 5.32 Å². The first-order valence-corrected chi connectivity index (χ1v) is 4.96. The molecule has 5 heteroatoms. The Morgan fingerprint density at radius 2 is 2.07 bits per heavy atom. The van der Waals surface area contributed by atoms with Crippen LogP contribution in [0.25, 0.3) is 0 Å². The lowest BCUT2D eigenvalue weighted by atomic mass is 9.82. The number of halogens is 2. The van der Waals surface area contributed by atoms with Gasteiger partial charge in [-0.25, -0.2) is 14.4 Å². The minimum absolute atomic E-state index is 0.286. The van der Waals surface area contributed by atoms with Gasteiger partial charge in [0, 0.05) is 0 Å². The molecule has 1 fully saturated rings. The third-order valence-corrected chi connectivity index (χ3v) is 2.63. The number of alkyl halides is 1. The fraction of sp³-hybridized carbons (Fsp3) is 0.556. The quantitative estimate of drug-likeness (QED) is 0.842. The van der Waals surface area contributed by atoms with Crippen molar-refractivity contribution in [2.75, 3.05) is 11.9 Å². The first-order valence-electron chi connectivity index (χ1n) is 4.58. The summed E-state index contributed by atoms with van der Waals surface area (Å²) in [4.78, 5) is 7.84. The number of anilines is 1. The van der Waals surface area contributed by atoms with Gasteiger partial charge in [0.05, 0.1) is 24.0 Å². The summed E-state index contributed by atoms with van der Waals surface area (Å²) in [5, 5.41) is 3.34. The van der Waals surface area contributed by atoms with Crippen molar-refractivity contribution >= 4 is 17.5 Å². The molecule has 1 saturated carbocycles. The minimum atomic E-state index is -1.05. The van der Waals surface area contributed by atoms with Crippen LogP contribution in [-0.2, 0) is 0 Å². The van der Waals surface area contributed by atoms with E-state index in [1.165, 1.54) is 12.4 Å². The molecule has 0 unspecified atom stereocenters. The summed E-state index contributed by atoms with van der Waals surface area (Å²) >= 11 is 5.61. The molecule has 3 nitrogen and oxygen atoms in total. The average molecular weight is 216 g/mol. The van der Waals surface area contributed by atoms with Crippen molar-refractivity contribution < 1.29 is 4.39 Å². The molecule has 1 aliphatic rings. The molecule has 0 atom stereocenters. The van der Waals surface area contributed by atoms with Crippen LogP contribution in [0.4, 0.5) is 10.3 Å². The largest absolute Gasteiger partial charge is 0.351 e. The molecule has 0 aromatic carbocycles. The normalized spacial score (nSPS) is 18.7. The Labute approximate surface area is 86.7 Å². The smallest absolute Gasteiger partial charge is 0.222 e. The van der Waals surface area contributed by atoms with Gasteiger partial charge >= 0.3 is 0 Å². The van der Waals surface area contributed by atoms with Crippen molar-refractivity contribution in [3.63, 3.8) is 0 Å². The summed E-state index contributed by atoms with van der Waals surface area (Å²) in [5.74, 6) is 0.429. The van der Waals surface area contributed by atoms with Crippen LogP contribution in [0.5, 0.6) is 0 Å². The zero-order chi connectivity index (χ0) is 10.0. The second kappa shape index (κ2) is 3.69. The number of hydrogen-bond donors (Lipinski definition) is 1. The Hall–Kier alpha value is -0.900. The number of hydrogen-bond acceptors (Lipinski definition) is 3. The lowest BCUT2D eigenvalue weighted by Gasteiger charge is -2.33. The molecule has 1 aliphatic carbocycles. The summed E-state index contributed by atoms with van der Waals surface area (Å²) in [6, 6.07) is 0. The molecule has 0 bridgehead atoms. The third kappa shape index (κ3) is 2.12. The molecule has 76 valence electrons. The first-order chi connectivity index (χ1) is 6.68. The maximum Gasteiger partial charge on any atom is 0.222 e. The molecule has 1 heterocycles. The molecule has 1 N–H and O–H groups in total. The van der Waals surface area contributed by atoms with Crippen molar-refractivity contribution in [3.05, 3.63) is 17.4 Å².